The summed E-state index contributed by atoms with van der Waals surface area (Å²) in [5.74, 6) is -1.07. The third-order valence-electron chi connectivity index (χ3n) is 5.38. The van der Waals surface area contributed by atoms with Gasteiger partial charge in [-0.3, -0.25) is 9.59 Å². The highest BCUT2D eigenvalue weighted by Gasteiger charge is 2.14. The Bertz CT molecular complexity index is 1480. The minimum absolute atomic E-state index is 0.257. The lowest BCUT2D eigenvalue weighted by atomic mass is 10.0. The molecular formula is C28H22BrN3O4. The zero-order chi connectivity index (χ0) is 25.5. The smallest absolute Gasteiger partial charge is 0.343 e. The van der Waals surface area contributed by atoms with Crippen molar-refractivity contribution in [2.45, 2.75) is 6.92 Å². The number of esters is 1. The molecule has 0 radical (unpaired) electrons. The first-order valence-corrected chi connectivity index (χ1v) is 11.9. The summed E-state index contributed by atoms with van der Waals surface area (Å²) in [6.07, 6.45) is 1.37. The maximum absolute atomic E-state index is 12.6. The summed E-state index contributed by atoms with van der Waals surface area (Å²) in [5, 5.41) is 8.30. The van der Waals surface area contributed by atoms with Gasteiger partial charge in [0, 0.05) is 15.6 Å². The molecule has 0 bridgehead atoms. The predicted octanol–water partition coefficient (Wildman–Crippen LogP) is 5.01. The number of hydrogen-bond donors (Lipinski definition) is 2. The fraction of sp³-hybridized carbons (Fsp3) is 0.0714. The molecule has 0 saturated carbocycles. The number of ether oxygens (including phenoxy) is 1. The Kier molecular flexibility index (Phi) is 7.87. The van der Waals surface area contributed by atoms with Crippen molar-refractivity contribution in [3.8, 4) is 5.75 Å². The van der Waals surface area contributed by atoms with E-state index in [1.807, 2.05) is 49.4 Å². The summed E-state index contributed by atoms with van der Waals surface area (Å²) in [5.41, 5.74) is 4.59. The molecule has 0 atom stereocenters. The van der Waals surface area contributed by atoms with Crippen LogP contribution in [0.15, 0.2) is 94.5 Å². The SMILES string of the molecule is Cc1ccccc1C(=O)Oc1ccc(Br)cc1/C=N\NC(=O)CNC(=O)c1cccc2ccccc12. The molecule has 7 nitrogen and oxygen atoms in total. The molecule has 4 aromatic rings. The van der Waals surface area contributed by atoms with Crippen molar-refractivity contribution in [3.05, 3.63) is 112 Å². The number of aryl methyl sites for hydroxylation is 1. The molecule has 0 heterocycles. The number of nitrogens with one attached hydrogen (secondary N) is 2. The molecule has 0 aliphatic carbocycles. The lowest BCUT2D eigenvalue weighted by molar-refractivity contribution is -0.120. The number of nitrogens with zero attached hydrogens (tertiary/aromatic N) is 1. The Hall–Kier alpha value is -4.30. The molecule has 0 aromatic heterocycles. The Labute approximate surface area is 216 Å². The van der Waals surface area contributed by atoms with Crippen molar-refractivity contribution in [1.82, 2.24) is 10.7 Å². The topological polar surface area (TPSA) is 96.9 Å². The lowest BCUT2D eigenvalue weighted by Crippen LogP contribution is -2.35. The second-order valence-corrected chi connectivity index (χ2v) is 8.80. The van der Waals surface area contributed by atoms with Crippen LogP contribution < -0.4 is 15.5 Å². The zero-order valence-corrected chi connectivity index (χ0v) is 20.9. The molecule has 8 heteroatoms. The first-order chi connectivity index (χ1) is 17.4. The Morgan fingerprint density at radius 3 is 2.47 bits per heavy atom. The van der Waals surface area contributed by atoms with Crippen molar-refractivity contribution >= 4 is 50.7 Å². The quantitative estimate of drug-likeness (QED) is 0.148. The highest BCUT2D eigenvalue weighted by molar-refractivity contribution is 9.10. The van der Waals surface area contributed by atoms with E-state index in [1.54, 1.807) is 42.5 Å². The number of rotatable bonds is 7. The second-order valence-electron chi connectivity index (χ2n) is 7.89. The van der Waals surface area contributed by atoms with Crippen LogP contribution in [0, 0.1) is 6.92 Å². The van der Waals surface area contributed by atoms with Crippen molar-refractivity contribution in [2.24, 2.45) is 5.10 Å². The molecule has 0 aliphatic rings. The molecular weight excluding hydrogens is 522 g/mol. The molecule has 180 valence electrons. The van der Waals surface area contributed by atoms with Crippen LogP contribution in [0.25, 0.3) is 10.8 Å². The van der Waals surface area contributed by atoms with E-state index in [0.717, 1.165) is 20.8 Å². The molecule has 0 aliphatic heterocycles. The van der Waals surface area contributed by atoms with Crippen LogP contribution in [-0.4, -0.2) is 30.5 Å². The van der Waals surface area contributed by atoms with Gasteiger partial charge in [0.25, 0.3) is 11.8 Å². The van der Waals surface area contributed by atoms with E-state index >= 15 is 0 Å². The number of carbonyl (C=O) groups is 3. The van der Waals surface area contributed by atoms with E-state index in [2.05, 4.69) is 31.8 Å². The van der Waals surface area contributed by atoms with Gasteiger partial charge in [0.05, 0.1) is 18.3 Å². The fourth-order valence-corrected chi connectivity index (χ4v) is 3.94. The minimum Gasteiger partial charge on any atom is -0.422 e. The van der Waals surface area contributed by atoms with E-state index in [-0.39, 0.29) is 18.2 Å². The van der Waals surface area contributed by atoms with Gasteiger partial charge in [-0.05, 0) is 53.6 Å². The number of hydrazone groups is 1. The monoisotopic (exact) mass is 543 g/mol. The van der Waals surface area contributed by atoms with Gasteiger partial charge in [-0.15, -0.1) is 0 Å². The molecule has 2 amide bonds. The standard InChI is InChI=1S/C28H22BrN3O4/c1-18-7-2-4-10-22(18)28(35)36-25-14-13-21(29)15-20(25)16-31-32-26(33)17-30-27(34)24-12-6-9-19-8-3-5-11-23(19)24/h2-16H,17H2,1H3,(H,30,34)(H,32,33)/b31-16-. The van der Waals surface area contributed by atoms with Gasteiger partial charge in [0.15, 0.2) is 0 Å². The predicted molar refractivity (Wildman–Crippen MR) is 142 cm³/mol. The highest BCUT2D eigenvalue weighted by atomic mass is 79.9. The van der Waals surface area contributed by atoms with Crippen LogP contribution >= 0.6 is 15.9 Å². The number of halogens is 1. The maximum Gasteiger partial charge on any atom is 0.343 e. The van der Waals surface area contributed by atoms with E-state index < -0.39 is 11.9 Å². The molecule has 0 spiro atoms. The van der Waals surface area contributed by atoms with Crippen LogP contribution in [0.3, 0.4) is 0 Å². The summed E-state index contributed by atoms with van der Waals surface area (Å²) in [6.45, 7) is 1.57. The summed E-state index contributed by atoms with van der Waals surface area (Å²) < 4.78 is 6.31. The number of amides is 2. The Morgan fingerprint density at radius 2 is 1.64 bits per heavy atom. The van der Waals surface area contributed by atoms with E-state index in [9.17, 15) is 14.4 Å². The second kappa shape index (κ2) is 11.4. The van der Waals surface area contributed by atoms with Crippen molar-refractivity contribution in [2.75, 3.05) is 6.54 Å². The summed E-state index contributed by atoms with van der Waals surface area (Å²) in [4.78, 5) is 37.5. The van der Waals surface area contributed by atoms with Crippen LogP contribution in [0.5, 0.6) is 5.75 Å². The summed E-state index contributed by atoms with van der Waals surface area (Å²) in [7, 11) is 0. The first kappa shape index (κ1) is 24.8. The van der Waals surface area contributed by atoms with E-state index in [0.29, 0.717) is 16.7 Å². The van der Waals surface area contributed by atoms with Crippen LogP contribution in [0.4, 0.5) is 0 Å². The lowest BCUT2D eigenvalue weighted by Gasteiger charge is -2.09. The molecule has 0 unspecified atom stereocenters. The van der Waals surface area contributed by atoms with Crippen LogP contribution in [0.1, 0.15) is 31.8 Å². The highest BCUT2D eigenvalue weighted by Crippen LogP contribution is 2.23. The van der Waals surface area contributed by atoms with Gasteiger partial charge in [-0.25, -0.2) is 10.2 Å². The van der Waals surface area contributed by atoms with Gasteiger partial charge in [-0.2, -0.15) is 5.10 Å². The third-order valence-corrected chi connectivity index (χ3v) is 5.87. The molecule has 36 heavy (non-hydrogen) atoms. The fourth-order valence-electron chi connectivity index (χ4n) is 3.56. The Balaban J connectivity index is 1.38. The van der Waals surface area contributed by atoms with Gasteiger partial charge in [-0.1, -0.05) is 70.5 Å². The average Bonchev–Trinajstić information content (AvgIpc) is 2.88. The summed E-state index contributed by atoms with van der Waals surface area (Å²) in [6, 6.07) is 25.2. The van der Waals surface area contributed by atoms with Crippen molar-refractivity contribution in [3.63, 3.8) is 0 Å². The largest absolute Gasteiger partial charge is 0.422 e. The molecule has 2 N–H and O–H groups in total. The van der Waals surface area contributed by atoms with Gasteiger partial charge in [0.1, 0.15) is 5.75 Å². The van der Waals surface area contributed by atoms with Gasteiger partial charge >= 0.3 is 5.97 Å². The summed E-state index contributed by atoms with van der Waals surface area (Å²) >= 11 is 3.38. The van der Waals surface area contributed by atoms with E-state index in [4.69, 9.17) is 4.74 Å². The zero-order valence-electron chi connectivity index (χ0n) is 19.3. The Morgan fingerprint density at radius 1 is 0.917 bits per heavy atom. The van der Waals surface area contributed by atoms with E-state index in [1.165, 1.54) is 6.21 Å². The van der Waals surface area contributed by atoms with Crippen molar-refractivity contribution < 1.29 is 19.1 Å². The maximum atomic E-state index is 12.6. The number of carbonyl (C=O) groups excluding carboxylic acids is 3. The third kappa shape index (κ3) is 6.03. The molecule has 0 saturated heterocycles. The van der Waals surface area contributed by atoms with Crippen LogP contribution in [0.2, 0.25) is 0 Å². The van der Waals surface area contributed by atoms with Gasteiger partial charge < -0.3 is 10.1 Å². The normalized spacial score (nSPS) is 10.8. The minimum atomic E-state index is -0.506. The molecule has 4 rings (SSSR count). The molecule has 4 aromatic carbocycles. The number of fused-ring (bicyclic) bond motifs is 1. The number of hydrogen-bond acceptors (Lipinski definition) is 5. The average molecular weight is 544 g/mol. The van der Waals surface area contributed by atoms with Crippen molar-refractivity contribution in [1.29, 1.82) is 0 Å². The van der Waals surface area contributed by atoms with Gasteiger partial charge in [0.2, 0.25) is 0 Å². The number of benzene rings is 4. The first-order valence-electron chi connectivity index (χ1n) is 11.1. The molecule has 0 fully saturated rings. The van der Waals surface area contributed by atoms with Crippen LogP contribution in [-0.2, 0) is 4.79 Å².